The van der Waals surface area contributed by atoms with Crippen LogP contribution in [0.5, 0.6) is 0 Å². The van der Waals surface area contributed by atoms with E-state index < -0.39 is 23.0 Å². The van der Waals surface area contributed by atoms with E-state index in [2.05, 4.69) is 21.0 Å². The first-order chi connectivity index (χ1) is 13.6. The lowest BCUT2D eigenvalue weighted by molar-refractivity contribution is 0.103. The summed E-state index contributed by atoms with van der Waals surface area (Å²) in [6.45, 7) is 0. The molecular formula is C21H11F2N4O. The van der Waals surface area contributed by atoms with Crippen LogP contribution >= 0.6 is 0 Å². The first-order valence-corrected chi connectivity index (χ1v) is 8.43. The molecule has 7 heteroatoms. The van der Waals surface area contributed by atoms with Crippen molar-refractivity contribution < 1.29 is 13.6 Å². The highest BCUT2D eigenvalue weighted by Gasteiger charge is 2.22. The van der Waals surface area contributed by atoms with Crippen LogP contribution < -0.4 is 0 Å². The molecule has 0 saturated heterocycles. The van der Waals surface area contributed by atoms with Gasteiger partial charge in [-0.15, -0.1) is 0 Å². The Labute approximate surface area is 157 Å². The van der Waals surface area contributed by atoms with Crippen LogP contribution in [0, 0.1) is 17.7 Å². The number of benzene rings is 1. The molecule has 1 N–H and O–H groups in total. The predicted octanol–water partition coefficient (Wildman–Crippen LogP) is 4.19. The number of hydrogen-bond donors (Lipinski definition) is 1. The second-order valence-electron chi connectivity index (χ2n) is 6.26. The zero-order valence-corrected chi connectivity index (χ0v) is 14.3. The number of hydrogen-bond acceptors (Lipinski definition) is 3. The van der Waals surface area contributed by atoms with Gasteiger partial charge in [0, 0.05) is 47.4 Å². The highest BCUT2D eigenvalue weighted by atomic mass is 19.1. The van der Waals surface area contributed by atoms with Crippen LogP contribution in [-0.2, 0) is 0 Å². The van der Waals surface area contributed by atoms with Gasteiger partial charge in [-0.3, -0.25) is 4.79 Å². The van der Waals surface area contributed by atoms with Crippen molar-refractivity contribution in [3.05, 3.63) is 90.0 Å². The van der Waals surface area contributed by atoms with Crippen LogP contribution in [0.3, 0.4) is 0 Å². The Balaban J connectivity index is 1.65. The Bertz CT molecular complexity index is 1320. The Hall–Kier alpha value is -3.87. The van der Waals surface area contributed by atoms with Gasteiger partial charge in [0.05, 0.1) is 11.3 Å². The molecule has 0 amide bonds. The molecule has 0 unspecified atom stereocenters. The predicted molar refractivity (Wildman–Crippen MR) is 98.9 cm³/mol. The number of carbonyl (C=O) groups excluding carboxylic acids is 1. The molecule has 5 rings (SSSR count). The van der Waals surface area contributed by atoms with E-state index in [-0.39, 0.29) is 5.56 Å². The number of ketones is 1. The number of H-pyrrole nitrogens is 1. The van der Waals surface area contributed by atoms with Crippen molar-refractivity contribution in [2.24, 2.45) is 0 Å². The van der Waals surface area contributed by atoms with Crippen molar-refractivity contribution in [2.45, 2.75) is 0 Å². The second-order valence-corrected chi connectivity index (χ2v) is 6.26. The van der Waals surface area contributed by atoms with E-state index in [1.54, 1.807) is 12.3 Å². The van der Waals surface area contributed by atoms with Crippen molar-refractivity contribution in [3.63, 3.8) is 0 Å². The molecule has 0 aliphatic heterocycles. The van der Waals surface area contributed by atoms with E-state index >= 15 is 0 Å². The van der Waals surface area contributed by atoms with Crippen molar-refractivity contribution in [2.75, 3.05) is 0 Å². The summed E-state index contributed by atoms with van der Waals surface area (Å²) in [6, 6.07) is 11.7. The number of pyridine rings is 2. The zero-order chi connectivity index (χ0) is 19.3. The van der Waals surface area contributed by atoms with Crippen LogP contribution in [-0.4, -0.2) is 25.1 Å². The van der Waals surface area contributed by atoms with Crippen molar-refractivity contribution in [3.8, 4) is 11.3 Å². The normalized spacial score (nSPS) is 11.4. The first-order valence-electron chi connectivity index (χ1n) is 8.43. The van der Waals surface area contributed by atoms with Crippen LogP contribution in [0.1, 0.15) is 15.9 Å². The summed E-state index contributed by atoms with van der Waals surface area (Å²) in [5.41, 5.74) is 2.06. The third kappa shape index (κ3) is 2.48. The topological polar surface area (TPSA) is 63.0 Å². The standard InChI is InChI=1S/C21H11F2N4O/c22-15-4-3-5-16(23)19(15)20(28)14-10-25-21-13(14)8-12(9-24-21)17-11-27-7-2-1-6-18(27)26-17/h1-4,6-11H,(H,24,25). The number of imidazole rings is 1. The fourth-order valence-electron chi connectivity index (χ4n) is 3.20. The molecule has 0 spiro atoms. The molecule has 0 aliphatic rings. The SMILES string of the molecule is O=C(c1c(F)[c]ccc1F)c1c[nH]c2ncc(-c3cn4ccccc4n3)cc12. The summed E-state index contributed by atoms with van der Waals surface area (Å²) in [4.78, 5) is 24.5. The van der Waals surface area contributed by atoms with E-state index in [0.29, 0.717) is 22.3 Å². The molecule has 0 saturated carbocycles. The summed E-state index contributed by atoms with van der Waals surface area (Å²) in [6.07, 6.45) is 6.75. The van der Waals surface area contributed by atoms with Crippen molar-refractivity contribution >= 4 is 22.5 Å². The maximum Gasteiger partial charge on any atom is 0.201 e. The van der Waals surface area contributed by atoms with Gasteiger partial charge in [-0.2, -0.15) is 0 Å². The molecule has 4 aromatic heterocycles. The molecule has 5 nitrogen and oxygen atoms in total. The molecule has 135 valence electrons. The van der Waals surface area contributed by atoms with Gasteiger partial charge in [-0.1, -0.05) is 6.07 Å². The van der Waals surface area contributed by atoms with Crippen LogP contribution in [0.2, 0.25) is 0 Å². The minimum atomic E-state index is -1.02. The smallest absolute Gasteiger partial charge is 0.201 e. The largest absolute Gasteiger partial charge is 0.345 e. The number of aromatic nitrogens is 4. The Morgan fingerprint density at radius 3 is 2.93 bits per heavy atom. The van der Waals surface area contributed by atoms with Crippen LogP contribution in [0.4, 0.5) is 8.78 Å². The molecule has 0 atom stereocenters. The molecule has 5 aromatic rings. The third-order valence-corrected chi connectivity index (χ3v) is 4.56. The molecule has 28 heavy (non-hydrogen) atoms. The Kier molecular flexibility index (Phi) is 3.55. The van der Waals surface area contributed by atoms with Gasteiger partial charge >= 0.3 is 0 Å². The summed E-state index contributed by atoms with van der Waals surface area (Å²) in [5, 5.41) is 0.460. The van der Waals surface area contributed by atoms with E-state index in [4.69, 9.17) is 0 Å². The molecular weight excluding hydrogens is 362 g/mol. The summed E-state index contributed by atoms with van der Waals surface area (Å²) >= 11 is 0. The minimum Gasteiger partial charge on any atom is -0.345 e. The average Bonchev–Trinajstić information content (AvgIpc) is 3.31. The third-order valence-electron chi connectivity index (χ3n) is 4.56. The number of rotatable bonds is 3. The molecule has 1 radical (unpaired) electrons. The fourth-order valence-corrected chi connectivity index (χ4v) is 3.20. The number of halogens is 2. The second kappa shape index (κ2) is 6.09. The molecule has 0 fully saturated rings. The molecule has 0 bridgehead atoms. The fraction of sp³-hybridized carbons (Fsp3) is 0. The maximum absolute atomic E-state index is 14.0. The summed E-state index contributed by atoms with van der Waals surface area (Å²) in [5.74, 6) is -2.73. The number of fused-ring (bicyclic) bond motifs is 2. The van der Waals surface area contributed by atoms with E-state index in [0.717, 1.165) is 17.8 Å². The van der Waals surface area contributed by atoms with Gasteiger partial charge in [-0.05, 0) is 30.3 Å². The maximum atomic E-state index is 14.0. The minimum absolute atomic E-state index is 0.130. The average molecular weight is 373 g/mol. The van der Waals surface area contributed by atoms with Gasteiger partial charge in [0.15, 0.2) is 0 Å². The Morgan fingerprint density at radius 1 is 1.21 bits per heavy atom. The number of carbonyl (C=O) groups is 1. The lowest BCUT2D eigenvalue weighted by Gasteiger charge is -2.03. The highest BCUT2D eigenvalue weighted by molar-refractivity contribution is 6.16. The molecule has 0 aliphatic carbocycles. The van der Waals surface area contributed by atoms with E-state index in [9.17, 15) is 13.6 Å². The lowest BCUT2D eigenvalue weighted by atomic mass is 10.0. The Morgan fingerprint density at radius 2 is 2.11 bits per heavy atom. The van der Waals surface area contributed by atoms with Gasteiger partial charge < -0.3 is 9.38 Å². The van der Waals surface area contributed by atoms with Gasteiger partial charge in [0.2, 0.25) is 5.78 Å². The zero-order valence-electron chi connectivity index (χ0n) is 14.3. The van der Waals surface area contributed by atoms with Crippen molar-refractivity contribution in [1.29, 1.82) is 0 Å². The van der Waals surface area contributed by atoms with Gasteiger partial charge in [0.25, 0.3) is 0 Å². The monoisotopic (exact) mass is 373 g/mol. The molecule has 4 heterocycles. The lowest BCUT2D eigenvalue weighted by Crippen LogP contribution is -2.07. The number of aromatic amines is 1. The summed E-state index contributed by atoms with van der Waals surface area (Å²) in [7, 11) is 0. The van der Waals surface area contributed by atoms with Crippen molar-refractivity contribution in [1.82, 2.24) is 19.4 Å². The van der Waals surface area contributed by atoms with Gasteiger partial charge in [-0.25, -0.2) is 18.7 Å². The van der Waals surface area contributed by atoms with E-state index in [1.165, 1.54) is 6.20 Å². The number of nitrogens with zero attached hydrogens (tertiary/aromatic N) is 3. The number of nitrogens with one attached hydrogen (secondary N) is 1. The summed E-state index contributed by atoms with van der Waals surface area (Å²) < 4.78 is 29.9. The van der Waals surface area contributed by atoms with Crippen LogP contribution in [0.25, 0.3) is 27.9 Å². The quantitative estimate of drug-likeness (QED) is 0.483. The molecule has 1 aromatic carbocycles. The van der Waals surface area contributed by atoms with Gasteiger partial charge in [0.1, 0.15) is 22.9 Å². The first kappa shape index (κ1) is 16.3. The van der Waals surface area contributed by atoms with Crippen LogP contribution in [0.15, 0.2) is 61.2 Å². The van der Waals surface area contributed by atoms with E-state index in [1.807, 2.05) is 35.0 Å². The highest BCUT2D eigenvalue weighted by Crippen LogP contribution is 2.27.